The molecular formula is C56H114N2O6P+. The molecule has 0 aliphatic rings. The van der Waals surface area contributed by atoms with Crippen LogP contribution < -0.4 is 5.32 Å². The fraction of sp³-hybridized carbons (Fsp3) is 0.946. The van der Waals surface area contributed by atoms with Gasteiger partial charge in [0, 0.05) is 6.42 Å². The molecular weight excluding hydrogens is 828 g/mol. The van der Waals surface area contributed by atoms with Gasteiger partial charge in [-0.2, -0.15) is 0 Å². The normalized spacial score (nSPS) is 14.0. The molecule has 0 bridgehead atoms. The lowest BCUT2D eigenvalue weighted by atomic mass is 10.0. The number of amides is 1. The molecule has 3 N–H and O–H groups in total. The van der Waals surface area contributed by atoms with Gasteiger partial charge in [-0.1, -0.05) is 276 Å². The van der Waals surface area contributed by atoms with Crippen LogP contribution in [0.4, 0.5) is 0 Å². The quantitative estimate of drug-likeness (QED) is 0.0243. The molecule has 0 radical (unpaired) electrons. The highest BCUT2D eigenvalue weighted by atomic mass is 31.2. The lowest BCUT2D eigenvalue weighted by Crippen LogP contribution is -2.45. The molecule has 0 aliphatic carbocycles. The highest BCUT2D eigenvalue weighted by molar-refractivity contribution is 7.47. The Morgan fingerprint density at radius 1 is 0.508 bits per heavy atom. The van der Waals surface area contributed by atoms with Crippen LogP contribution >= 0.6 is 7.82 Å². The topological polar surface area (TPSA) is 105 Å². The fourth-order valence-electron chi connectivity index (χ4n) is 8.75. The molecule has 0 aliphatic heterocycles. The number of quaternary nitrogens is 1. The highest BCUT2D eigenvalue weighted by Crippen LogP contribution is 2.43. The van der Waals surface area contributed by atoms with Gasteiger partial charge in [-0.15, -0.1) is 0 Å². The van der Waals surface area contributed by atoms with Crippen molar-refractivity contribution in [3.05, 3.63) is 12.2 Å². The average Bonchev–Trinajstić information content (AvgIpc) is 3.26. The first-order chi connectivity index (χ1) is 31.5. The Bertz CT molecular complexity index is 1070. The number of aliphatic hydroxyl groups is 1. The number of allylic oxidation sites excluding steroid dienone is 1. The molecule has 65 heavy (non-hydrogen) atoms. The number of rotatable bonds is 53. The Morgan fingerprint density at radius 3 is 1.14 bits per heavy atom. The van der Waals surface area contributed by atoms with Gasteiger partial charge in [0.15, 0.2) is 0 Å². The number of hydrogen-bond acceptors (Lipinski definition) is 5. The van der Waals surface area contributed by atoms with Crippen LogP contribution in [-0.4, -0.2) is 73.4 Å². The van der Waals surface area contributed by atoms with Crippen molar-refractivity contribution < 1.29 is 32.9 Å². The summed E-state index contributed by atoms with van der Waals surface area (Å²) in [6, 6.07) is -0.840. The van der Waals surface area contributed by atoms with Crippen molar-refractivity contribution in [1.82, 2.24) is 5.32 Å². The molecule has 0 fully saturated rings. The predicted octanol–water partition coefficient (Wildman–Crippen LogP) is 17.0. The summed E-state index contributed by atoms with van der Waals surface area (Å²) >= 11 is 0. The Balaban J connectivity index is 3.88. The highest BCUT2D eigenvalue weighted by Gasteiger charge is 2.27. The summed E-state index contributed by atoms with van der Waals surface area (Å²) in [5.41, 5.74) is 0. The third kappa shape index (κ3) is 50.9. The van der Waals surface area contributed by atoms with Crippen LogP contribution in [0.25, 0.3) is 0 Å². The minimum atomic E-state index is -4.33. The maximum atomic E-state index is 12.9. The first kappa shape index (κ1) is 64.2. The number of nitrogens with one attached hydrogen (secondary N) is 1. The van der Waals surface area contributed by atoms with Crippen LogP contribution in [-0.2, 0) is 18.4 Å². The third-order valence-corrected chi connectivity index (χ3v) is 14.2. The summed E-state index contributed by atoms with van der Waals surface area (Å²) in [5, 5.41) is 13.8. The molecule has 0 saturated carbocycles. The molecule has 9 heteroatoms. The van der Waals surface area contributed by atoms with Crippen molar-refractivity contribution in [3.63, 3.8) is 0 Å². The maximum Gasteiger partial charge on any atom is 0.472 e. The Labute approximate surface area is 405 Å². The Morgan fingerprint density at radius 2 is 0.815 bits per heavy atom. The van der Waals surface area contributed by atoms with Crippen LogP contribution in [0.15, 0.2) is 12.2 Å². The van der Waals surface area contributed by atoms with E-state index in [-0.39, 0.29) is 19.1 Å². The monoisotopic (exact) mass is 942 g/mol. The summed E-state index contributed by atoms with van der Waals surface area (Å²) in [6.07, 6.45) is 59.1. The molecule has 388 valence electrons. The van der Waals surface area contributed by atoms with Gasteiger partial charge < -0.3 is 19.8 Å². The van der Waals surface area contributed by atoms with Crippen molar-refractivity contribution in [2.45, 2.75) is 302 Å². The third-order valence-electron chi connectivity index (χ3n) is 13.3. The van der Waals surface area contributed by atoms with E-state index in [0.29, 0.717) is 17.4 Å². The number of carbonyl (C=O) groups is 1. The van der Waals surface area contributed by atoms with Gasteiger partial charge in [-0.25, -0.2) is 4.57 Å². The van der Waals surface area contributed by atoms with Gasteiger partial charge in [-0.05, 0) is 19.3 Å². The van der Waals surface area contributed by atoms with Crippen molar-refractivity contribution in [1.29, 1.82) is 0 Å². The Kier molecular flexibility index (Phi) is 47.7. The van der Waals surface area contributed by atoms with E-state index in [1.54, 1.807) is 6.08 Å². The molecule has 8 nitrogen and oxygen atoms in total. The molecule has 0 saturated heterocycles. The zero-order valence-electron chi connectivity index (χ0n) is 44.3. The van der Waals surface area contributed by atoms with E-state index in [1.165, 1.54) is 231 Å². The number of phosphoric acid groups is 1. The molecule has 0 aromatic carbocycles. The predicted molar refractivity (Wildman–Crippen MR) is 282 cm³/mol. The zero-order valence-corrected chi connectivity index (χ0v) is 45.2. The number of aliphatic hydroxyl groups excluding tert-OH is 1. The van der Waals surface area contributed by atoms with Crippen molar-refractivity contribution in [2.75, 3.05) is 40.9 Å². The van der Waals surface area contributed by atoms with Crippen LogP contribution in [0, 0.1) is 0 Å². The molecule has 0 rings (SSSR count). The molecule has 0 aromatic heterocycles. The SMILES string of the molecule is CCCCCCCCCC/C=C/C(O)C(COP(=O)(O)OCC[N+](C)(C)C)NC(=O)CCCCCCCCCCCCCCCCCCCCCCCCCCCCCCCCCCC. The van der Waals surface area contributed by atoms with Gasteiger partial charge >= 0.3 is 7.82 Å². The van der Waals surface area contributed by atoms with Gasteiger partial charge in [0.25, 0.3) is 0 Å². The summed E-state index contributed by atoms with van der Waals surface area (Å²) < 4.78 is 23.6. The summed E-state index contributed by atoms with van der Waals surface area (Å²) in [7, 11) is 1.59. The van der Waals surface area contributed by atoms with Crippen LogP contribution in [0.3, 0.4) is 0 Å². The molecule has 0 heterocycles. The number of likely N-dealkylation sites (N-methyl/N-ethyl adjacent to an activating group) is 1. The van der Waals surface area contributed by atoms with Crippen LogP contribution in [0.5, 0.6) is 0 Å². The second-order valence-electron chi connectivity index (χ2n) is 21.0. The minimum Gasteiger partial charge on any atom is -0.387 e. The van der Waals surface area contributed by atoms with E-state index in [4.69, 9.17) is 9.05 Å². The Hall–Kier alpha value is -0.760. The van der Waals surface area contributed by atoms with E-state index in [9.17, 15) is 19.4 Å². The molecule has 3 unspecified atom stereocenters. The van der Waals surface area contributed by atoms with E-state index in [2.05, 4.69) is 19.2 Å². The van der Waals surface area contributed by atoms with E-state index in [1.807, 2.05) is 27.2 Å². The van der Waals surface area contributed by atoms with Gasteiger partial charge in [0.05, 0.1) is 39.9 Å². The number of nitrogens with zero attached hydrogens (tertiary/aromatic N) is 1. The number of hydrogen-bond donors (Lipinski definition) is 3. The van der Waals surface area contributed by atoms with Crippen molar-refractivity contribution >= 4 is 13.7 Å². The standard InChI is InChI=1S/C56H113N2O6P/c1-6-8-10-12-14-16-18-19-20-21-22-23-24-25-26-27-28-29-30-31-32-33-34-35-36-37-38-39-40-42-44-46-48-50-56(60)57-54(53-64-65(61,62)63-52-51-58(3,4)5)55(59)49-47-45-43-41-17-15-13-11-9-7-2/h47,49,54-55,59H,6-46,48,50-53H2,1-5H3,(H-,57,60,61,62)/p+1/b49-47+. The first-order valence-corrected chi connectivity index (χ1v) is 30.1. The molecule has 3 atom stereocenters. The largest absolute Gasteiger partial charge is 0.472 e. The van der Waals surface area contributed by atoms with Gasteiger partial charge in [0.2, 0.25) is 5.91 Å². The van der Waals surface area contributed by atoms with Crippen molar-refractivity contribution in [2.24, 2.45) is 0 Å². The minimum absolute atomic E-state index is 0.0646. The fourth-order valence-corrected chi connectivity index (χ4v) is 9.49. The smallest absolute Gasteiger partial charge is 0.387 e. The van der Waals surface area contributed by atoms with Crippen LogP contribution in [0.1, 0.15) is 290 Å². The summed E-state index contributed by atoms with van der Waals surface area (Å²) in [6.45, 7) is 4.83. The van der Waals surface area contributed by atoms with Crippen LogP contribution in [0.2, 0.25) is 0 Å². The molecule has 0 spiro atoms. The lowest BCUT2D eigenvalue weighted by Gasteiger charge is -2.25. The number of unbranched alkanes of at least 4 members (excludes halogenated alkanes) is 40. The van der Waals surface area contributed by atoms with E-state index in [0.717, 1.165) is 38.5 Å². The second kappa shape index (κ2) is 48.3. The van der Waals surface area contributed by atoms with E-state index >= 15 is 0 Å². The maximum absolute atomic E-state index is 12.9. The van der Waals surface area contributed by atoms with Gasteiger partial charge in [0.1, 0.15) is 13.2 Å². The zero-order chi connectivity index (χ0) is 47.8. The molecule has 0 aromatic rings. The lowest BCUT2D eigenvalue weighted by molar-refractivity contribution is -0.870. The van der Waals surface area contributed by atoms with Crippen molar-refractivity contribution in [3.8, 4) is 0 Å². The first-order valence-electron chi connectivity index (χ1n) is 28.6. The number of carbonyl (C=O) groups excluding carboxylic acids is 1. The average molecular weight is 943 g/mol. The number of phosphoric ester groups is 1. The van der Waals surface area contributed by atoms with E-state index < -0.39 is 20.0 Å². The second-order valence-corrected chi connectivity index (χ2v) is 22.5. The molecule has 1 amide bonds. The summed E-state index contributed by atoms with van der Waals surface area (Å²) in [4.78, 5) is 23.2. The summed E-state index contributed by atoms with van der Waals surface area (Å²) in [5.74, 6) is -0.173. The van der Waals surface area contributed by atoms with Gasteiger partial charge in [-0.3, -0.25) is 13.8 Å².